The Hall–Kier alpha value is -3.96. The Bertz CT molecular complexity index is 1760. The molecule has 12 heteroatoms. The maximum Gasteiger partial charge on any atom is 0.416 e. The summed E-state index contributed by atoms with van der Waals surface area (Å²) in [6.45, 7) is 4.56. The van der Waals surface area contributed by atoms with E-state index in [2.05, 4.69) is 5.10 Å². The van der Waals surface area contributed by atoms with Crippen LogP contribution in [0.3, 0.4) is 0 Å². The lowest BCUT2D eigenvalue weighted by atomic mass is 9.42. The van der Waals surface area contributed by atoms with E-state index in [4.69, 9.17) is 4.98 Å². The molecule has 0 spiro atoms. The van der Waals surface area contributed by atoms with Crippen LogP contribution < -0.4 is 11.2 Å². The largest absolute Gasteiger partial charge is 0.416 e. The quantitative estimate of drug-likeness (QED) is 0.281. The molecule has 7 rings (SSSR count). The Labute approximate surface area is 233 Å². The summed E-state index contributed by atoms with van der Waals surface area (Å²) >= 11 is 0. The number of ketones is 1. The van der Waals surface area contributed by atoms with Crippen LogP contribution in [0.5, 0.6) is 0 Å². The Morgan fingerprint density at radius 1 is 1.07 bits per heavy atom. The molecule has 0 unspecified atom stereocenters. The van der Waals surface area contributed by atoms with Crippen LogP contribution in [0, 0.1) is 11.3 Å². The molecule has 3 heterocycles. The van der Waals surface area contributed by atoms with Gasteiger partial charge in [0.25, 0.3) is 5.56 Å². The highest BCUT2D eigenvalue weighted by Gasteiger charge is 2.60. The lowest BCUT2D eigenvalue weighted by molar-refractivity contribution is -0.162. The smallest absolute Gasteiger partial charge is 0.318 e. The van der Waals surface area contributed by atoms with Gasteiger partial charge in [0.1, 0.15) is 11.6 Å². The predicted octanol–water partition coefficient (Wildman–Crippen LogP) is 4.48. The van der Waals surface area contributed by atoms with Crippen molar-refractivity contribution >= 4 is 16.9 Å². The average molecular weight is 569 g/mol. The lowest BCUT2D eigenvalue weighted by Crippen LogP contribution is -2.56. The minimum atomic E-state index is -4.45. The first-order chi connectivity index (χ1) is 19.5. The summed E-state index contributed by atoms with van der Waals surface area (Å²) in [6.07, 6.45) is 2.37. The number of hydrogen-bond donors (Lipinski definition) is 0. The third kappa shape index (κ3) is 4.53. The summed E-state index contributed by atoms with van der Waals surface area (Å²) in [5.74, 6) is 1.23. The predicted molar refractivity (Wildman–Crippen MR) is 145 cm³/mol. The summed E-state index contributed by atoms with van der Waals surface area (Å²) in [6, 6.07) is 5.06. The van der Waals surface area contributed by atoms with Crippen molar-refractivity contribution in [2.75, 3.05) is 0 Å². The molecule has 9 nitrogen and oxygen atoms in total. The van der Waals surface area contributed by atoms with Crippen molar-refractivity contribution in [1.29, 1.82) is 0 Å². The SMILES string of the molecule is CCCn1c(=O)c2c(nc(-c3cnn(Cc4cccc(C(F)(F)F)c4)c3)n2CCC(=O)C23CC(C2)C3)n(CC)c1=O. The fraction of sp³-hybridized carbons (Fsp3) is 0.483. The van der Waals surface area contributed by atoms with Crippen molar-refractivity contribution in [3.8, 4) is 11.4 Å². The highest BCUT2D eigenvalue weighted by molar-refractivity contribution is 5.88. The van der Waals surface area contributed by atoms with Crippen molar-refractivity contribution in [3.05, 3.63) is 68.6 Å². The van der Waals surface area contributed by atoms with Gasteiger partial charge in [0.05, 0.1) is 23.9 Å². The van der Waals surface area contributed by atoms with Gasteiger partial charge in [-0.2, -0.15) is 18.3 Å². The minimum absolute atomic E-state index is 0.0926. The molecule has 3 aliphatic carbocycles. The lowest BCUT2D eigenvalue weighted by Gasteiger charge is -2.60. The first-order valence-electron chi connectivity index (χ1n) is 14.0. The van der Waals surface area contributed by atoms with Crippen LogP contribution >= 0.6 is 0 Å². The van der Waals surface area contributed by atoms with E-state index in [-0.39, 0.29) is 48.4 Å². The average Bonchev–Trinajstić information content (AvgIpc) is 3.48. The number of carbonyl (C=O) groups excluding carboxylic acids is 1. The highest BCUT2D eigenvalue weighted by atomic mass is 19.4. The third-order valence-electron chi connectivity index (χ3n) is 8.56. The fourth-order valence-electron chi connectivity index (χ4n) is 6.33. The number of aryl methyl sites for hydroxylation is 2. The molecule has 2 bridgehead atoms. The minimum Gasteiger partial charge on any atom is -0.318 e. The summed E-state index contributed by atoms with van der Waals surface area (Å²) in [5.41, 5.74) is -0.391. The van der Waals surface area contributed by atoms with Crippen molar-refractivity contribution in [2.45, 2.75) is 78.3 Å². The van der Waals surface area contributed by atoms with Gasteiger partial charge in [-0.3, -0.25) is 23.4 Å². The molecule has 0 amide bonds. The molecule has 216 valence electrons. The topological polar surface area (TPSA) is 96.7 Å². The van der Waals surface area contributed by atoms with Gasteiger partial charge in [-0.25, -0.2) is 9.78 Å². The molecule has 41 heavy (non-hydrogen) atoms. The zero-order valence-corrected chi connectivity index (χ0v) is 22.9. The Morgan fingerprint density at radius 3 is 2.46 bits per heavy atom. The van der Waals surface area contributed by atoms with Crippen molar-refractivity contribution in [1.82, 2.24) is 28.5 Å². The molecule has 3 aromatic heterocycles. The second-order valence-electron chi connectivity index (χ2n) is 11.3. The monoisotopic (exact) mass is 568 g/mol. The molecular formula is C29H31F3N6O3. The Kier molecular flexibility index (Phi) is 6.54. The van der Waals surface area contributed by atoms with Gasteiger partial charge in [-0.15, -0.1) is 0 Å². The fourth-order valence-corrected chi connectivity index (χ4v) is 6.33. The second-order valence-corrected chi connectivity index (χ2v) is 11.3. The maximum absolute atomic E-state index is 13.6. The molecule has 0 saturated heterocycles. The number of aromatic nitrogens is 6. The van der Waals surface area contributed by atoms with Gasteiger partial charge >= 0.3 is 11.9 Å². The number of rotatable bonds is 10. The molecular weight excluding hydrogens is 537 g/mol. The van der Waals surface area contributed by atoms with Gasteiger partial charge < -0.3 is 4.57 Å². The number of alkyl halides is 3. The number of carbonyl (C=O) groups is 1. The number of nitrogens with zero attached hydrogens (tertiary/aromatic N) is 6. The molecule has 4 aromatic rings. The second kappa shape index (κ2) is 9.85. The van der Waals surface area contributed by atoms with E-state index < -0.39 is 23.0 Å². The number of hydrogen-bond acceptors (Lipinski definition) is 5. The number of benzene rings is 1. The number of imidazole rings is 1. The summed E-state index contributed by atoms with van der Waals surface area (Å²) in [7, 11) is 0. The van der Waals surface area contributed by atoms with Gasteiger partial charge in [0.15, 0.2) is 11.2 Å². The first-order valence-corrected chi connectivity index (χ1v) is 14.0. The summed E-state index contributed by atoms with van der Waals surface area (Å²) in [4.78, 5) is 44.7. The van der Waals surface area contributed by atoms with Crippen LogP contribution in [0.2, 0.25) is 0 Å². The van der Waals surface area contributed by atoms with E-state index >= 15 is 0 Å². The molecule has 0 radical (unpaired) electrons. The van der Waals surface area contributed by atoms with E-state index in [9.17, 15) is 27.6 Å². The van der Waals surface area contributed by atoms with Crippen molar-refractivity contribution < 1.29 is 18.0 Å². The standard InChI is InChI=1S/C29H31F3N6O3/c1-3-9-38-26(40)23-25(36(4-2)27(38)41)34-24(37(23)10-8-22(39)28-12-19(13-28)14-28)20-15-33-35(17-20)16-18-6-5-7-21(11-18)29(30,31)32/h5-7,11,15,17,19H,3-4,8-10,12-14,16H2,1-2H3. The zero-order valence-electron chi connectivity index (χ0n) is 22.9. The van der Waals surface area contributed by atoms with Gasteiger partial charge in [-0.1, -0.05) is 19.1 Å². The first kappa shape index (κ1) is 27.2. The van der Waals surface area contributed by atoms with Crippen LogP contribution in [0.4, 0.5) is 13.2 Å². The van der Waals surface area contributed by atoms with Gasteiger partial charge in [-0.05, 0) is 56.2 Å². The number of Topliss-reactive ketones (excluding diaryl/α,β-unsaturated/α-hetero) is 1. The summed E-state index contributed by atoms with van der Waals surface area (Å²) < 4.78 is 45.5. The number of halogens is 3. The molecule has 1 aromatic carbocycles. The van der Waals surface area contributed by atoms with Gasteiger partial charge in [0.2, 0.25) is 0 Å². The van der Waals surface area contributed by atoms with Crippen LogP contribution in [-0.4, -0.2) is 34.2 Å². The molecule has 3 saturated carbocycles. The Balaban J connectivity index is 1.41. The highest BCUT2D eigenvalue weighted by Crippen LogP contribution is 2.65. The van der Waals surface area contributed by atoms with E-state index in [1.807, 2.05) is 6.92 Å². The molecule has 0 atom stereocenters. The zero-order chi connectivity index (χ0) is 29.1. The normalized spacial score (nSPS) is 19.8. The molecule has 0 N–H and O–H groups in total. The Morgan fingerprint density at radius 2 is 1.83 bits per heavy atom. The molecule has 3 fully saturated rings. The van der Waals surface area contributed by atoms with Gasteiger partial charge in [0, 0.05) is 37.7 Å². The van der Waals surface area contributed by atoms with E-state index in [1.165, 1.54) is 26.1 Å². The van der Waals surface area contributed by atoms with Crippen molar-refractivity contribution in [2.24, 2.45) is 11.3 Å². The van der Waals surface area contributed by atoms with E-state index in [0.717, 1.165) is 31.4 Å². The van der Waals surface area contributed by atoms with Crippen molar-refractivity contribution in [3.63, 3.8) is 0 Å². The number of fused-ring (bicyclic) bond motifs is 1. The summed E-state index contributed by atoms with van der Waals surface area (Å²) in [5, 5.41) is 4.35. The van der Waals surface area contributed by atoms with Crippen LogP contribution in [0.25, 0.3) is 22.6 Å². The third-order valence-corrected chi connectivity index (χ3v) is 8.56. The van der Waals surface area contributed by atoms with Crippen LogP contribution in [0.15, 0.2) is 46.2 Å². The molecule has 3 aliphatic rings. The molecule has 0 aliphatic heterocycles. The van der Waals surface area contributed by atoms with E-state index in [0.29, 0.717) is 35.8 Å². The van der Waals surface area contributed by atoms with Crippen LogP contribution in [-0.2, 0) is 37.1 Å². The maximum atomic E-state index is 13.6. The van der Waals surface area contributed by atoms with Crippen LogP contribution in [0.1, 0.15) is 57.1 Å². The van der Waals surface area contributed by atoms with E-state index in [1.54, 1.807) is 23.8 Å².